The summed E-state index contributed by atoms with van der Waals surface area (Å²) in [6, 6.07) is 15.6. The van der Waals surface area contributed by atoms with Crippen molar-refractivity contribution >= 4 is 23.5 Å². The molecule has 26 heavy (non-hydrogen) atoms. The van der Waals surface area contributed by atoms with Gasteiger partial charge in [-0.25, -0.2) is 9.59 Å². The van der Waals surface area contributed by atoms with Gasteiger partial charge in [0.2, 0.25) is 11.6 Å². The average Bonchev–Trinajstić information content (AvgIpc) is 2.71. The molecular weight excluding hydrogens is 336 g/mol. The maximum absolute atomic E-state index is 12.8. The Kier molecular flexibility index (Phi) is 6.16. The van der Waals surface area contributed by atoms with Crippen LogP contribution in [0.15, 0.2) is 71.8 Å². The second kappa shape index (κ2) is 8.53. The Hall–Kier alpha value is -3.54. The minimum Gasteiger partial charge on any atom is -0.465 e. The highest BCUT2D eigenvalue weighted by Crippen LogP contribution is 2.20. The molecule has 0 aliphatic rings. The normalized spacial score (nSPS) is 11.2. The Balaban J connectivity index is 2.71. The van der Waals surface area contributed by atoms with Crippen LogP contribution >= 0.6 is 0 Å². The van der Waals surface area contributed by atoms with E-state index in [1.165, 1.54) is 24.3 Å². The van der Waals surface area contributed by atoms with Crippen molar-refractivity contribution in [1.82, 2.24) is 0 Å². The van der Waals surface area contributed by atoms with Crippen molar-refractivity contribution in [3.05, 3.63) is 82.9 Å². The van der Waals surface area contributed by atoms with Gasteiger partial charge in [-0.3, -0.25) is 9.59 Å². The van der Waals surface area contributed by atoms with E-state index in [0.29, 0.717) is 0 Å². The molecule has 0 amide bonds. The highest BCUT2D eigenvalue weighted by atomic mass is 16.5. The lowest BCUT2D eigenvalue weighted by Gasteiger charge is -2.11. The van der Waals surface area contributed by atoms with E-state index in [9.17, 15) is 19.2 Å². The maximum Gasteiger partial charge on any atom is 0.342 e. The van der Waals surface area contributed by atoms with E-state index < -0.39 is 34.7 Å². The third-order valence-corrected chi connectivity index (χ3v) is 3.56. The zero-order chi connectivity index (χ0) is 19.1. The number of carbonyl (C=O) groups is 4. The van der Waals surface area contributed by atoms with Gasteiger partial charge in [0, 0.05) is 11.1 Å². The Morgan fingerprint density at radius 2 is 0.885 bits per heavy atom. The van der Waals surface area contributed by atoms with Gasteiger partial charge in [-0.05, 0) is 0 Å². The van der Waals surface area contributed by atoms with Gasteiger partial charge in [-0.1, -0.05) is 60.7 Å². The molecule has 0 N–H and O–H groups in total. The lowest BCUT2D eigenvalue weighted by Crippen LogP contribution is -2.26. The van der Waals surface area contributed by atoms with E-state index in [4.69, 9.17) is 0 Å². The molecule has 6 nitrogen and oxygen atoms in total. The van der Waals surface area contributed by atoms with Crippen LogP contribution in [-0.2, 0) is 19.1 Å². The second-order valence-electron chi connectivity index (χ2n) is 5.12. The highest BCUT2D eigenvalue weighted by Gasteiger charge is 2.34. The molecule has 0 unspecified atom stereocenters. The number of hydrogen-bond donors (Lipinski definition) is 0. The van der Waals surface area contributed by atoms with Crippen LogP contribution < -0.4 is 0 Å². The van der Waals surface area contributed by atoms with Crippen LogP contribution in [-0.4, -0.2) is 37.7 Å². The molecule has 0 saturated heterocycles. The van der Waals surface area contributed by atoms with Crippen molar-refractivity contribution in [3.8, 4) is 0 Å². The Morgan fingerprint density at radius 3 is 1.15 bits per heavy atom. The first-order valence-corrected chi connectivity index (χ1v) is 7.61. The van der Waals surface area contributed by atoms with Crippen molar-refractivity contribution in [2.45, 2.75) is 0 Å². The first-order valence-electron chi connectivity index (χ1n) is 7.61. The minimum absolute atomic E-state index is 0.134. The lowest BCUT2D eigenvalue weighted by molar-refractivity contribution is -0.138. The Bertz CT molecular complexity index is 792. The quantitative estimate of drug-likeness (QED) is 0.261. The molecule has 0 heterocycles. The van der Waals surface area contributed by atoms with E-state index in [1.807, 2.05) is 0 Å². The summed E-state index contributed by atoms with van der Waals surface area (Å²) in [5, 5.41) is 0. The largest absolute Gasteiger partial charge is 0.465 e. The number of methoxy groups -OCH3 is 2. The van der Waals surface area contributed by atoms with Crippen LogP contribution in [0.1, 0.15) is 20.7 Å². The summed E-state index contributed by atoms with van der Waals surface area (Å²) in [5.41, 5.74) is -1.07. The minimum atomic E-state index is -1.09. The maximum atomic E-state index is 12.8. The fraction of sp³-hybridized carbons (Fsp3) is 0.100. The summed E-state index contributed by atoms with van der Waals surface area (Å²) in [7, 11) is 2.12. The third-order valence-electron chi connectivity index (χ3n) is 3.56. The smallest absolute Gasteiger partial charge is 0.342 e. The van der Waals surface area contributed by atoms with Crippen molar-refractivity contribution in [2.24, 2.45) is 0 Å². The molecule has 0 saturated carbocycles. The number of Topliss-reactive ketones (excluding diaryl/α,β-unsaturated/α-hetero) is 2. The summed E-state index contributed by atoms with van der Waals surface area (Å²) in [6.45, 7) is 0. The van der Waals surface area contributed by atoms with Gasteiger partial charge in [0.25, 0.3) is 0 Å². The molecule has 6 heteroatoms. The van der Waals surface area contributed by atoms with Crippen molar-refractivity contribution in [3.63, 3.8) is 0 Å². The molecule has 0 radical (unpaired) electrons. The first kappa shape index (κ1) is 18.8. The van der Waals surface area contributed by atoms with Gasteiger partial charge >= 0.3 is 11.9 Å². The molecule has 0 fully saturated rings. The number of ketones is 2. The molecule has 2 rings (SSSR count). The monoisotopic (exact) mass is 352 g/mol. The number of carbonyl (C=O) groups excluding carboxylic acids is 4. The summed E-state index contributed by atoms with van der Waals surface area (Å²) >= 11 is 0. The van der Waals surface area contributed by atoms with Crippen LogP contribution in [0, 0.1) is 0 Å². The zero-order valence-electron chi connectivity index (χ0n) is 14.2. The summed E-state index contributed by atoms with van der Waals surface area (Å²) in [4.78, 5) is 50.2. The van der Waals surface area contributed by atoms with Crippen LogP contribution in [0.25, 0.3) is 0 Å². The topological polar surface area (TPSA) is 86.7 Å². The van der Waals surface area contributed by atoms with Crippen molar-refractivity contribution in [1.29, 1.82) is 0 Å². The SMILES string of the molecule is COC(=O)/C(C(=O)c1ccccc1)=C(\C(=O)OC)C(=O)c1ccccc1. The van der Waals surface area contributed by atoms with Gasteiger partial charge in [-0.15, -0.1) is 0 Å². The summed E-state index contributed by atoms with van der Waals surface area (Å²) < 4.78 is 9.28. The molecule has 0 aliphatic carbocycles. The van der Waals surface area contributed by atoms with Gasteiger partial charge in [0.05, 0.1) is 14.2 Å². The fourth-order valence-electron chi connectivity index (χ4n) is 2.29. The lowest BCUT2D eigenvalue weighted by atomic mass is 9.93. The second-order valence-corrected chi connectivity index (χ2v) is 5.12. The number of hydrogen-bond acceptors (Lipinski definition) is 6. The molecule has 0 bridgehead atoms. The van der Waals surface area contributed by atoms with Gasteiger partial charge in [-0.2, -0.15) is 0 Å². The number of ether oxygens (including phenoxy) is 2. The molecule has 2 aromatic carbocycles. The number of rotatable bonds is 6. The summed E-state index contributed by atoms with van der Waals surface area (Å²) in [5.74, 6) is -3.80. The first-order chi connectivity index (χ1) is 12.5. The van der Waals surface area contributed by atoms with Crippen molar-refractivity contribution in [2.75, 3.05) is 14.2 Å². The predicted molar refractivity (Wildman–Crippen MR) is 92.6 cm³/mol. The molecule has 132 valence electrons. The van der Waals surface area contributed by atoms with Gasteiger partial charge in [0.1, 0.15) is 11.1 Å². The van der Waals surface area contributed by atoms with Crippen molar-refractivity contribution < 1.29 is 28.7 Å². The van der Waals surface area contributed by atoms with Crippen LogP contribution in [0.4, 0.5) is 0 Å². The number of benzene rings is 2. The van der Waals surface area contributed by atoms with E-state index in [2.05, 4.69) is 9.47 Å². The van der Waals surface area contributed by atoms with Gasteiger partial charge < -0.3 is 9.47 Å². The standard InChI is InChI=1S/C20H16O6/c1-25-19(23)15(17(21)13-9-5-3-6-10-13)16(20(24)26-2)18(22)14-11-7-4-8-12-14/h3-12H,1-2H3/b16-15-. The molecule has 0 spiro atoms. The molecule has 0 aliphatic heterocycles. The van der Waals surface area contributed by atoms with Crippen LogP contribution in [0.2, 0.25) is 0 Å². The average molecular weight is 352 g/mol. The summed E-state index contributed by atoms with van der Waals surface area (Å²) in [6.07, 6.45) is 0. The molecular formula is C20H16O6. The fourth-order valence-corrected chi connectivity index (χ4v) is 2.29. The molecule has 2 aromatic rings. The molecule has 0 atom stereocenters. The van der Waals surface area contributed by atoms with Crippen LogP contribution in [0.3, 0.4) is 0 Å². The van der Waals surface area contributed by atoms with Crippen LogP contribution in [0.5, 0.6) is 0 Å². The Morgan fingerprint density at radius 1 is 0.577 bits per heavy atom. The molecule has 0 aromatic heterocycles. The highest BCUT2D eigenvalue weighted by molar-refractivity contribution is 6.36. The van der Waals surface area contributed by atoms with E-state index in [0.717, 1.165) is 14.2 Å². The third kappa shape index (κ3) is 3.92. The van der Waals surface area contributed by atoms with E-state index in [-0.39, 0.29) is 11.1 Å². The van der Waals surface area contributed by atoms with E-state index in [1.54, 1.807) is 36.4 Å². The van der Waals surface area contributed by atoms with Gasteiger partial charge in [0.15, 0.2) is 0 Å². The number of esters is 2. The predicted octanol–water partition coefficient (Wildman–Crippen LogP) is 2.39. The Labute approximate surface area is 150 Å². The van der Waals surface area contributed by atoms with E-state index >= 15 is 0 Å². The zero-order valence-corrected chi connectivity index (χ0v) is 14.2.